The van der Waals surface area contributed by atoms with Crippen LogP contribution in [0.5, 0.6) is 0 Å². The number of hydrogen-bond acceptors (Lipinski definition) is 4. The molecule has 2 atom stereocenters. The zero-order valence-corrected chi connectivity index (χ0v) is 14.2. The van der Waals surface area contributed by atoms with Gasteiger partial charge in [0.15, 0.2) is 0 Å². The van der Waals surface area contributed by atoms with E-state index >= 15 is 0 Å². The molecule has 0 saturated carbocycles. The van der Waals surface area contributed by atoms with Crippen LogP contribution in [0.1, 0.15) is 26.3 Å². The average Bonchev–Trinajstić information content (AvgIpc) is 2.63. The topological polar surface area (TPSA) is 80.7 Å². The Kier molecular flexibility index (Phi) is 4.29. The lowest BCUT2D eigenvalue weighted by atomic mass is 9.99. The Morgan fingerprint density at radius 1 is 1.36 bits per heavy atom. The summed E-state index contributed by atoms with van der Waals surface area (Å²) in [6.45, 7) is 4.60. The van der Waals surface area contributed by atoms with Gasteiger partial charge in [-0.05, 0) is 38.5 Å². The Labute approximate surface area is 135 Å². The Balaban J connectivity index is 2.50. The maximum Gasteiger partial charge on any atom is 0.532 e. The van der Waals surface area contributed by atoms with Crippen molar-refractivity contribution in [1.29, 1.82) is 0 Å². The number of carboxylic acid groups (broad SMARTS) is 1. The quantitative estimate of drug-likeness (QED) is 0.831. The van der Waals surface area contributed by atoms with E-state index in [2.05, 4.69) is 0 Å². The van der Waals surface area contributed by atoms with Gasteiger partial charge < -0.3 is 5.11 Å². The average molecular weight is 349 g/mol. The number of benzene rings is 1. The highest BCUT2D eigenvalue weighted by Crippen LogP contribution is 2.40. The van der Waals surface area contributed by atoms with Gasteiger partial charge in [-0.15, -0.1) is 8.42 Å². The molecule has 1 fully saturated rings. The molecule has 1 saturated heterocycles. The maximum atomic E-state index is 12.4. The van der Waals surface area contributed by atoms with Crippen LogP contribution in [0.2, 0.25) is 5.02 Å². The van der Waals surface area contributed by atoms with Crippen LogP contribution < -0.4 is 0 Å². The molecule has 1 aromatic rings. The molecule has 1 heterocycles. The van der Waals surface area contributed by atoms with Crippen LogP contribution in [-0.2, 0) is 20.9 Å². The molecule has 1 unspecified atom stereocenters. The standard InChI is InChI=1S/C14H18ClNO5S/c1-14(2,3)16(13(17)18)12(9-21-22(16,19)20)8-10-4-6-11(15)7-5-10/h4-7,12H,8-9H2,1-3H3/p+1/t12-,16?/m0/s1. The van der Waals surface area contributed by atoms with Crippen LogP contribution in [-0.4, -0.2) is 41.7 Å². The summed E-state index contributed by atoms with van der Waals surface area (Å²) in [5.74, 6) is 0. The molecule has 0 spiro atoms. The van der Waals surface area contributed by atoms with Crippen molar-refractivity contribution in [2.75, 3.05) is 6.61 Å². The lowest BCUT2D eigenvalue weighted by molar-refractivity contribution is -0.803. The second-order valence-electron chi connectivity index (χ2n) is 6.31. The van der Waals surface area contributed by atoms with Crippen molar-refractivity contribution in [1.82, 2.24) is 0 Å². The lowest BCUT2D eigenvalue weighted by Gasteiger charge is -2.40. The molecule has 1 aromatic carbocycles. The van der Waals surface area contributed by atoms with Crippen LogP contribution in [0, 0.1) is 0 Å². The zero-order valence-electron chi connectivity index (χ0n) is 12.6. The Morgan fingerprint density at radius 3 is 2.36 bits per heavy atom. The second-order valence-corrected chi connectivity index (χ2v) is 8.41. The van der Waals surface area contributed by atoms with Gasteiger partial charge in [0.1, 0.15) is 18.2 Å². The van der Waals surface area contributed by atoms with E-state index in [1.807, 2.05) is 0 Å². The molecule has 122 valence electrons. The number of nitrogens with zero attached hydrogens (tertiary/aromatic N) is 1. The number of hydrogen-bond donors (Lipinski definition) is 1. The summed E-state index contributed by atoms with van der Waals surface area (Å²) >= 11 is 5.83. The molecule has 0 bridgehead atoms. The lowest BCUT2D eigenvalue weighted by Crippen LogP contribution is -2.68. The molecule has 2 rings (SSSR count). The maximum absolute atomic E-state index is 12.4. The largest absolute Gasteiger partial charge is 0.532 e. The predicted molar refractivity (Wildman–Crippen MR) is 81.9 cm³/mol. The van der Waals surface area contributed by atoms with E-state index in [9.17, 15) is 18.3 Å². The van der Waals surface area contributed by atoms with Gasteiger partial charge in [0.05, 0.1) is 0 Å². The van der Waals surface area contributed by atoms with Crippen LogP contribution in [0.25, 0.3) is 0 Å². The number of amides is 1. The van der Waals surface area contributed by atoms with Crippen molar-refractivity contribution in [3.8, 4) is 0 Å². The highest BCUT2D eigenvalue weighted by molar-refractivity contribution is 7.81. The summed E-state index contributed by atoms with van der Waals surface area (Å²) < 4.78 is 28.5. The first-order valence-electron chi connectivity index (χ1n) is 6.78. The van der Waals surface area contributed by atoms with E-state index in [0.29, 0.717) is 5.02 Å². The third-order valence-electron chi connectivity index (χ3n) is 3.94. The van der Waals surface area contributed by atoms with Crippen LogP contribution in [0.15, 0.2) is 24.3 Å². The van der Waals surface area contributed by atoms with E-state index in [0.717, 1.165) is 5.56 Å². The first-order valence-corrected chi connectivity index (χ1v) is 8.53. The second kappa shape index (κ2) is 5.49. The highest BCUT2D eigenvalue weighted by atomic mass is 35.5. The minimum Gasteiger partial charge on any atom is -0.434 e. The predicted octanol–water partition coefficient (Wildman–Crippen LogP) is 2.82. The number of carbonyl (C=O) groups is 1. The van der Waals surface area contributed by atoms with Gasteiger partial charge >= 0.3 is 16.4 Å². The molecule has 1 amide bonds. The van der Waals surface area contributed by atoms with Gasteiger partial charge in [0.25, 0.3) is 0 Å². The zero-order chi connectivity index (χ0) is 16.8. The van der Waals surface area contributed by atoms with Crippen LogP contribution in [0.3, 0.4) is 0 Å². The van der Waals surface area contributed by atoms with E-state index < -0.39 is 31.9 Å². The van der Waals surface area contributed by atoms with Gasteiger partial charge in [-0.2, -0.15) is 4.79 Å². The van der Waals surface area contributed by atoms with Gasteiger partial charge in [-0.1, -0.05) is 27.6 Å². The minimum absolute atomic E-state index is 0.158. The van der Waals surface area contributed by atoms with E-state index in [1.54, 1.807) is 45.0 Å². The van der Waals surface area contributed by atoms with Gasteiger partial charge in [-0.25, -0.2) is 4.18 Å². The Hall–Kier alpha value is -1.15. The van der Waals surface area contributed by atoms with Crippen molar-refractivity contribution in [2.45, 2.75) is 38.8 Å². The van der Waals surface area contributed by atoms with Crippen LogP contribution in [0.4, 0.5) is 4.79 Å². The molecule has 1 aliphatic heterocycles. The summed E-state index contributed by atoms with van der Waals surface area (Å²) in [5.41, 5.74) is -0.263. The van der Waals surface area contributed by atoms with Crippen molar-refractivity contribution >= 4 is 28.0 Å². The number of quaternary nitrogens is 1. The fourth-order valence-corrected chi connectivity index (χ4v) is 5.02. The Morgan fingerprint density at radius 2 is 1.91 bits per heavy atom. The summed E-state index contributed by atoms with van der Waals surface area (Å²) in [5, 5.41) is 10.3. The van der Waals surface area contributed by atoms with Gasteiger partial charge in [0.2, 0.25) is 0 Å². The third-order valence-corrected chi connectivity index (χ3v) is 6.33. The normalized spacial score (nSPS) is 27.7. The summed E-state index contributed by atoms with van der Waals surface area (Å²) in [7, 11) is -4.27. The Bertz CT molecular complexity index is 680. The first kappa shape index (κ1) is 17.2. The number of halogens is 1. The molecule has 6 nitrogen and oxygen atoms in total. The monoisotopic (exact) mass is 348 g/mol. The molecular weight excluding hydrogens is 330 g/mol. The smallest absolute Gasteiger partial charge is 0.434 e. The van der Waals surface area contributed by atoms with Crippen molar-refractivity contribution in [2.24, 2.45) is 0 Å². The van der Waals surface area contributed by atoms with E-state index in [1.165, 1.54) is 0 Å². The fraction of sp³-hybridized carbons (Fsp3) is 0.500. The fourth-order valence-electron chi connectivity index (χ4n) is 3.04. The molecule has 1 N–H and O–H groups in total. The summed E-state index contributed by atoms with van der Waals surface area (Å²) in [6.07, 6.45) is -1.16. The first-order chi connectivity index (χ1) is 10.0. The van der Waals surface area contributed by atoms with Crippen LogP contribution >= 0.6 is 11.6 Å². The molecule has 1 aliphatic rings. The molecule has 22 heavy (non-hydrogen) atoms. The summed E-state index contributed by atoms with van der Waals surface area (Å²) in [6, 6.07) is 6.16. The molecule has 0 aromatic heterocycles. The van der Waals surface area contributed by atoms with Gasteiger partial charge in [0, 0.05) is 11.4 Å². The minimum atomic E-state index is -4.27. The SMILES string of the molecule is CC(C)(C)[N+]1(C(=O)O)[C@@H](Cc2ccc(Cl)cc2)COS1(=O)=O. The molecule has 8 heteroatoms. The van der Waals surface area contributed by atoms with Crippen molar-refractivity contribution in [3.63, 3.8) is 0 Å². The highest BCUT2D eigenvalue weighted by Gasteiger charge is 2.68. The molecule has 0 aliphatic carbocycles. The van der Waals surface area contributed by atoms with E-state index in [-0.39, 0.29) is 13.0 Å². The molecular formula is C14H19ClNO5S+. The third kappa shape index (κ3) is 2.52. The molecule has 0 radical (unpaired) electrons. The van der Waals surface area contributed by atoms with Crippen molar-refractivity contribution in [3.05, 3.63) is 34.9 Å². The summed E-state index contributed by atoms with van der Waals surface area (Å²) in [4.78, 5) is 11.9. The van der Waals surface area contributed by atoms with Crippen molar-refractivity contribution < 1.29 is 26.4 Å². The van der Waals surface area contributed by atoms with Gasteiger partial charge in [-0.3, -0.25) is 0 Å². The van der Waals surface area contributed by atoms with E-state index in [4.69, 9.17) is 15.8 Å². The number of rotatable bonds is 2.